The highest BCUT2D eigenvalue weighted by molar-refractivity contribution is 7.81. The second kappa shape index (κ2) is 5.20. The molecule has 1 unspecified atom stereocenters. The summed E-state index contributed by atoms with van der Waals surface area (Å²) in [6.07, 6.45) is 0.377. The number of esters is 1. The first-order chi connectivity index (χ1) is 8.52. The number of methoxy groups -OCH3 is 1. The molecule has 18 heavy (non-hydrogen) atoms. The Balaban J connectivity index is 2.38. The van der Waals surface area contributed by atoms with Gasteiger partial charge in [-0.15, -0.1) is 0 Å². The topological polar surface area (TPSA) is 46.6 Å². The smallest absolute Gasteiger partial charge is 0.337 e. The lowest BCUT2D eigenvalue weighted by Gasteiger charge is -2.18. The Morgan fingerprint density at radius 2 is 2.28 bits per heavy atom. The van der Waals surface area contributed by atoms with E-state index in [9.17, 15) is 9.59 Å². The first kappa shape index (κ1) is 13.2. The van der Waals surface area contributed by atoms with Crippen LogP contribution in [0.2, 0.25) is 5.02 Å². The zero-order valence-electron chi connectivity index (χ0n) is 9.72. The molecular weight excluding hydrogens is 274 g/mol. The molecular formula is C12H12ClNO3S. The fourth-order valence-corrected chi connectivity index (χ4v) is 2.42. The summed E-state index contributed by atoms with van der Waals surface area (Å²) in [6.45, 7) is 0.492. The van der Waals surface area contributed by atoms with Crippen LogP contribution in [0.3, 0.4) is 0 Å². The summed E-state index contributed by atoms with van der Waals surface area (Å²) in [5.74, 6) is -0.499. The number of ether oxygens (including phenoxy) is 1. The highest BCUT2D eigenvalue weighted by Crippen LogP contribution is 2.31. The van der Waals surface area contributed by atoms with Crippen molar-refractivity contribution < 1.29 is 14.3 Å². The molecule has 0 bridgehead atoms. The van der Waals surface area contributed by atoms with Crippen LogP contribution in [0.15, 0.2) is 18.2 Å². The van der Waals surface area contributed by atoms with E-state index in [4.69, 9.17) is 11.6 Å². The van der Waals surface area contributed by atoms with Crippen molar-refractivity contribution in [1.29, 1.82) is 0 Å². The molecule has 1 atom stereocenters. The zero-order valence-corrected chi connectivity index (χ0v) is 11.4. The highest BCUT2D eigenvalue weighted by Gasteiger charge is 2.30. The summed E-state index contributed by atoms with van der Waals surface area (Å²) < 4.78 is 4.64. The molecule has 0 aromatic heterocycles. The standard InChI is InChI=1S/C12H12ClNO3S/c1-17-12(16)7-2-3-9(13)10(4-7)14-6-8(18)5-11(14)15/h2-4,8,18H,5-6H2,1H3. The van der Waals surface area contributed by atoms with Gasteiger partial charge in [0.2, 0.25) is 5.91 Å². The number of amides is 1. The number of nitrogens with zero attached hydrogens (tertiary/aromatic N) is 1. The first-order valence-corrected chi connectivity index (χ1v) is 6.28. The van der Waals surface area contributed by atoms with Gasteiger partial charge in [0.25, 0.3) is 0 Å². The van der Waals surface area contributed by atoms with Gasteiger partial charge >= 0.3 is 5.97 Å². The fraction of sp³-hybridized carbons (Fsp3) is 0.333. The second-order valence-electron chi connectivity index (χ2n) is 4.02. The lowest BCUT2D eigenvalue weighted by atomic mass is 10.2. The largest absolute Gasteiger partial charge is 0.465 e. The molecule has 1 saturated heterocycles. The van der Waals surface area contributed by atoms with Crippen molar-refractivity contribution in [3.05, 3.63) is 28.8 Å². The Bertz CT molecular complexity index is 506. The molecule has 1 aromatic rings. The molecule has 4 nitrogen and oxygen atoms in total. The Morgan fingerprint density at radius 3 is 2.83 bits per heavy atom. The minimum absolute atomic E-state index is 0.00431. The van der Waals surface area contributed by atoms with Gasteiger partial charge in [-0.25, -0.2) is 4.79 Å². The van der Waals surface area contributed by atoms with Gasteiger partial charge < -0.3 is 9.64 Å². The third kappa shape index (κ3) is 2.47. The van der Waals surface area contributed by atoms with Crippen LogP contribution in [0.4, 0.5) is 5.69 Å². The van der Waals surface area contributed by atoms with Gasteiger partial charge in [0, 0.05) is 18.2 Å². The van der Waals surface area contributed by atoms with E-state index in [0.29, 0.717) is 29.2 Å². The van der Waals surface area contributed by atoms with Crippen LogP contribution in [-0.2, 0) is 9.53 Å². The average molecular weight is 286 g/mol. The first-order valence-electron chi connectivity index (χ1n) is 5.39. The summed E-state index contributed by atoms with van der Waals surface area (Å²) in [6, 6.07) is 4.72. The monoisotopic (exact) mass is 285 g/mol. The molecule has 1 aliphatic rings. The third-order valence-corrected chi connectivity index (χ3v) is 3.43. The van der Waals surface area contributed by atoms with Crippen LogP contribution in [0.25, 0.3) is 0 Å². The van der Waals surface area contributed by atoms with Crippen molar-refractivity contribution in [3.63, 3.8) is 0 Å². The number of hydrogen-bond donors (Lipinski definition) is 1. The third-order valence-electron chi connectivity index (χ3n) is 2.76. The van der Waals surface area contributed by atoms with E-state index in [1.807, 2.05) is 0 Å². The molecule has 0 radical (unpaired) electrons. The molecule has 1 aliphatic heterocycles. The SMILES string of the molecule is COC(=O)c1ccc(Cl)c(N2CC(S)CC2=O)c1. The van der Waals surface area contributed by atoms with Crippen LogP contribution in [0, 0.1) is 0 Å². The minimum atomic E-state index is -0.456. The highest BCUT2D eigenvalue weighted by atomic mass is 35.5. The second-order valence-corrected chi connectivity index (χ2v) is 5.16. The Labute approximate surface area is 115 Å². The van der Waals surface area contributed by atoms with Gasteiger partial charge in [0.1, 0.15) is 0 Å². The van der Waals surface area contributed by atoms with Crippen LogP contribution >= 0.6 is 24.2 Å². The maximum atomic E-state index is 11.8. The van der Waals surface area contributed by atoms with Gasteiger partial charge in [-0.3, -0.25) is 4.79 Å². The van der Waals surface area contributed by atoms with Gasteiger partial charge in [0.15, 0.2) is 0 Å². The van der Waals surface area contributed by atoms with E-state index in [0.717, 1.165) is 0 Å². The molecule has 6 heteroatoms. The van der Waals surface area contributed by atoms with Gasteiger partial charge in [-0.2, -0.15) is 12.6 Å². The summed E-state index contributed by atoms with van der Waals surface area (Å²) in [4.78, 5) is 24.8. The molecule has 0 saturated carbocycles. The predicted molar refractivity (Wildman–Crippen MR) is 72.5 cm³/mol. The molecule has 1 amide bonds. The van der Waals surface area contributed by atoms with Crippen molar-refractivity contribution >= 4 is 41.8 Å². The lowest BCUT2D eigenvalue weighted by Crippen LogP contribution is -2.25. The molecule has 1 fully saturated rings. The predicted octanol–water partition coefficient (Wildman–Crippen LogP) is 2.16. The number of halogens is 1. The van der Waals surface area contributed by atoms with E-state index in [-0.39, 0.29) is 11.2 Å². The molecule has 0 spiro atoms. The number of carbonyl (C=O) groups is 2. The van der Waals surface area contributed by atoms with Crippen molar-refractivity contribution in [2.45, 2.75) is 11.7 Å². The number of carbonyl (C=O) groups excluding carboxylic acids is 2. The van der Waals surface area contributed by atoms with Crippen molar-refractivity contribution in [1.82, 2.24) is 0 Å². The van der Waals surface area contributed by atoms with Gasteiger partial charge in [-0.05, 0) is 18.2 Å². The van der Waals surface area contributed by atoms with Crippen LogP contribution in [-0.4, -0.2) is 30.8 Å². The number of benzene rings is 1. The average Bonchev–Trinajstić information content (AvgIpc) is 2.68. The Hall–Kier alpha value is -1.20. The number of rotatable bonds is 2. The zero-order chi connectivity index (χ0) is 13.3. The van der Waals surface area contributed by atoms with E-state index < -0.39 is 5.97 Å². The summed E-state index contributed by atoms with van der Waals surface area (Å²) in [5.41, 5.74) is 0.897. The van der Waals surface area contributed by atoms with Crippen LogP contribution in [0.5, 0.6) is 0 Å². The van der Waals surface area contributed by atoms with Gasteiger partial charge in [0.05, 0.1) is 23.4 Å². The maximum Gasteiger partial charge on any atom is 0.337 e. The molecule has 0 aliphatic carbocycles. The molecule has 2 rings (SSSR count). The van der Waals surface area contributed by atoms with Crippen molar-refractivity contribution in [2.75, 3.05) is 18.6 Å². The number of anilines is 1. The van der Waals surface area contributed by atoms with Gasteiger partial charge in [-0.1, -0.05) is 11.6 Å². The van der Waals surface area contributed by atoms with Crippen LogP contribution < -0.4 is 4.90 Å². The van der Waals surface area contributed by atoms with E-state index in [2.05, 4.69) is 17.4 Å². The Morgan fingerprint density at radius 1 is 1.56 bits per heavy atom. The molecule has 0 N–H and O–H groups in total. The quantitative estimate of drug-likeness (QED) is 0.669. The normalized spacial score (nSPS) is 19.2. The van der Waals surface area contributed by atoms with Crippen molar-refractivity contribution in [3.8, 4) is 0 Å². The maximum absolute atomic E-state index is 11.8. The minimum Gasteiger partial charge on any atom is -0.465 e. The molecule has 1 aromatic carbocycles. The van der Waals surface area contributed by atoms with E-state index in [1.54, 1.807) is 23.1 Å². The fourth-order valence-electron chi connectivity index (χ4n) is 1.89. The van der Waals surface area contributed by atoms with E-state index in [1.165, 1.54) is 7.11 Å². The Kier molecular flexibility index (Phi) is 3.82. The lowest BCUT2D eigenvalue weighted by molar-refractivity contribution is -0.117. The molecule has 1 heterocycles. The summed E-state index contributed by atoms with van der Waals surface area (Å²) >= 11 is 10.3. The van der Waals surface area contributed by atoms with E-state index >= 15 is 0 Å². The number of hydrogen-bond acceptors (Lipinski definition) is 4. The summed E-state index contributed by atoms with van der Waals surface area (Å²) in [7, 11) is 1.31. The number of thiol groups is 1. The molecule has 96 valence electrons. The van der Waals surface area contributed by atoms with Crippen LogP contribution in [0.1, 0.15) is 16.8 Å². The summed E-state index contributed by atoms with van der Waals surface area (Å²) in [5, 5.41) is 0.425. The van der Waals surface area contributed by atoms with Crippen molar-refractivity contribution in [2.24, 2.45) is 0 Å².